The first-order chi connectivity index (χ1) is 13.3. The monoisotopic (exact) mass is 361 g/mol. The highest BCUT2D eigenvalue weighted by atomic mass is 16.1. The van der Waals surface area contributed by atoms with Gasteiger partial charge < -0.3 is 9.88 Å². The number of amides is 1. The molecule has 1 amide bonds. The first-order valence-corrected chi connectivity index (χ1v) is 9.51. The number of pyridine rings is 1. The summed E-state index contributed by atoms with van der Waals surface area (Å²) < 4.78 is 2.22. The summed E-state index contributed by atoms with van der Waals surface area (Å²) in [5.41, 5.74) is 2.84. The van der Waals surface area contributed by atoms with Crippen LogP contribution in [-0.4, -0.2) is 25.7 Å². The zero-order chi connectivity index (χ0) is 18.5. The quantitative estimate of drug-likeness (QED) is 0.753. The number of rotatable bonds is 5. The fourth-order valence-corrected chi connectivity index (χ4v) is 3.46. The van der Waals surface area contributed by atoms with E-state index >= 15 is 0 Å². The molecule has 0 saturated carbocycles. The molecule has 2 aromatic heterocycles. The smallest absolute Gasteiger partial charge is 0.224 e. The maximum Gasteiger partial charge on any atom is 0.224 e. The van der Waals surface area contributed by atoms with Crippen molar-refractivity contribution in [3.63, 3.8) is 0 Å². The molecule has 1 N–H and O–H groups in total. The Balaban J connectivity index is 1.45. The van der Waals surface area contributed by atoms with Gasteiger partial charge in [-0.1, -0.05) is 24.6 Å². The van der Waals surface area contributed by atoms with Crippen molar-refractivity contribution in [2.24, 2.45) is 0 Å². The van der Waals surface area contributed by atoms with Crippen molar-refractivity contribution < 1.29 is 4.79 Å². The normalized spacial score (nSPS) is 13.6. The Labute approximate surface area is 158 Å². The van der Waals surface area contributed by atoms with E-state index in [2.05, 4.69) is 25.1 Å². The van der Waals surface area contributed by atoms with Gasteiger partial charge in [-0.15, -0.1) is 10.2 Å². The molecule has 3 heterocycles. The predicted octanol–water partition coefficient (Wildman–Crippen LogP) is 3.64. The number of nitrogens with one attached hydrogen (secondary N) is 1. The lowest BCUT2D eigenvalue weighted by atomic mass is 10.1. The number of aromatic nitrogens is 4. The number of hydrogen-bond donors (Lipinski definition) is 1. The van der Waals surface area contributed by atoms with Crippen LogP contribution in [0.25, 0.3) is 11.4 Å². The first-order valence-electron chi connectivity index (χ1n) is 9.51. The molecule has 0 bridgehead atoms. The predicted molar refractivity (Wildman–Crippen MR) is 104 cm³/mol. The Morgan fingerprint density at radius 3 is 2.96 bits per heavy atom. The number of hydrogen-bond acceptors (Lipinski definition) is 4. The van der Waals surface area contributed by atoms with Gasteiger partial charge in [0.15, 0.2) is 5.82 Å². The maximum absolute atomic E-state index is 12.3. The molecule has 0 atom stereocenters. The van der Waals surface area contributed by atoms with Crippen LogP contribution in [0.2, 0.25) is 0 Å². The topological polar surface area (TPSA) is 72.7 Å². The number of aryl methyl sites for hydroxylation is 2. The maximum atomic E-state index is 12.3. The van der Waals surface area contributed by atoms with Crippen LogP contribution >= 0.6 is 0 Å². The van der Waals surface area contributed by atoms with E-state index in [1.54, 1.807) is 12.4 Å². The standard InChI is InChI=1S/C21H23N5O/c27-20(11-10-16-6-5-12-22-15-16)23-18-8-4-7-17(14-18)21-25-24-19-9-2-1-3-13-26(19)21/h4-8,12,14-15H,1-3,9-11,13H2,(H,23,27). The average molecular weight is 361 g/mol. The van der Waals surface area contributed by atoms with E-state index in [-0.39, 0.29) is 5.91 Å². The van der Waals surface area contributed by atoms with Gasteiger partial charge in [-0.25, -0.2) is 0 Å². The second-order valence-corrected chi connectivity index (χ2v) is 6.89. The highest BCUT2D eigenvalue weighted by Gasteiger charge is 2.16. The van der Waals surface area contributed by atoms with Gasteiger partial charge in [0.2, 0.25) is 5.91 Å². The number of nitrogens with zero attached hydrogens (tertiary/aromatic N) is 4. The highest BCUT2D eigenvalue weighted by Crippen LogP contribution is 2.25. The largest absolute Gasteiger partial charge is 0.326 e. The third-order valence-electron chi connectivity index (χ3n) is 4.88. The van der Waals surface area contributed by atoms with Crippen LogP contribution in [0.1, 0.15) is 37.1 Å². The fourth-order valence-electron chi connectivity index (χ4n) is 3.46. The summed E-state index contributed by atoms with van der Waals surface area (Å²) in [6.45, 7) is 0.958. The molecule has 138 valence electrons. The van der Waals surface area contributed by atoms with Crippen LogP contribution in [0.15, 0.2) is 48.8 Å². The van der Waals surface area contributed by atoms with Gasteiger partial charge in [-0.3, -0.25) is 9.78 Å². The van der Waals surface area contributed by atoms with Crippen molar-refractivity contribution in [3.8, 4) is 11.4 Å². The Hall–Kier alpha value is -3.02. The molecule has 1 aliphatic rings. The number of carbonyl (C=O) groups excluding carboxylic acids is 1. The molecule has 1 aromatic carbocycles. The van der Waals surface area contributed by atoms with E-state index in [4.69, 9.17) is 0 Å². The number of anilines is 1. The van der Waals surface area contributed by atoms with Crippen molar-refractivity contribution in [1.82, 2.24) is 19.7 Å². The van der Waals surface area contributed by atoms with Crippen molar-refractivity contribution in [1.29, 1.82) is 0 Å². The number of carbonyl (C=O) groups is 1. The summed E-state index contributed by atoms with van der Waals surface area (Å²) in [6, 6.07) is 11.7. The molecule has 6 nitrogen and oxygen atoms in total. The minimum atomic E-state index is -0.00363. The van der Waals surface area contributed by atoms with E-state index in [0.717, 1.165) is 47.8 Å². The van der Waals surface area contributed by atoms with E-state index in [1.807, 2.05) is 36.4 Å². The van der Waals surface area contributed by atoms with E-state index < -0.39 is 0 Å². The molecule has 0 fully saturated rings. The van der Waals surface area contributed by atoms with E-state index in [1.165, 1.54) is 12.8 Å². The third kappa shape index (κ3) is 4.22. The van der Waals surface area contributed by atoms with Crippen molar-refractivity contribution in [2.75, 3.05) is 5.32 Å². The summed E-state index contributed by atoms with van der Waals surface area (Å²) >= 11 is 0. The summed E-state index contributed by atoms with van der Waals surface area (Å²) in [5.74, 6) is 1.95. The van der Waals surface area contributed by atoms with Crippen LogP contribution in [0, 0.1) is 0 Å². The number of fused-ring (bicyclic) bond motifs is 1. The van der Waals surface area contributed by atoms with Crippen molar-refractivity contribution in [2.45, 2.75) is 45.1 Å². The highest BCUT2D eigenvalue weighted by molar-refractivity contribution is 5.91. The Bertz CT molecular complexity index is 919. The van der Waals surface area contributed by atoms with Crippen LogP contribution in [0.4, 0.5) is 5.69 Å². The zero-order valence-corrected chi connectivity index (χ0v) is 15.3. The average Bonchev–Trinajstić information content (AvgIpc) is 2.96. The Morgan fingerprint density at radius 1 is 1.11 bits per heavy atom. The molecule has 0 radical (unpaired) electrons. The Kier molecular flexibility index (Phi) is 5.23. The summed E-state index contributed by atoms with van der Waals surface area (Å²) in [5, 5.41) is 11.8. The molecule has 6 heteroatoms. The third-order valence-corrected chi connectivity index (χ3v) is 4.88. The molecule has 27 heavy (non-hydrogen) atoms. The summed E-state index contributed by atoms with van der Waals surface area (Å²) in [7, 11) is 0. The van der Waals surface area contributed by atoms with Gasteiger partial charge in [0.1, 0.15) is 5.82 Å². The van der Waals surface area contributed by atoms with Gasteiger partial charge in [0.05, 0.1) is 0 Å². The Morgan fingerprint density at radius 2 is 2.07 bits per heavy atom. The first kappa shape index (κ1) is 17.4. The van der Waals surface area contributed by atoms with Crippen LogP contribution in [-0.2, 0) is 24.2 Å². The lowest BCUT2D eigenvalue weighted by Gasteiger charge is -2.09. The molecule has 3 aromatic rings. The minimum absolute atomic E-state index is 0.00363. The van der Waals surface area contributed by atoms with Crippen LogP contribution < -0.4 is 5.32 Å². The van der Waals surface area contributed by atoms with Crippen LogP contribution in [0.3, 0.4) is 0 Å². The molecular formula is C21H23N5O. The fraction of sp³-hybridized carbons (Fsp3) is 0.333. The van der Waals surface area contributed by atoms with Gasteiger partial charge in [0.25, 0.3) is 0 Å². The summed E-state index contributed by atoms with van der Waals surface area (Å²) in [4.78, 5) is 16.4. The van der Waals surface area contributed by atoms with Crippen LogP contribution in [0.5, 0.6) is 0 Å². The SMILES string of the molecule is O=C(CCc1cccnc1)Nc1cccc(-c2nnc3n2CCCCC3)c1. The molecule has 4 rings (SSSR count). The molecular weight excluding hydrogens is 338 g/mol. The molecule has 0 unspecified atom stereocenters. The van der Waals surface area contributed by atoms with E-state index in [0.29, 0.717) is 12.8 Å². The van der Waals surface area contributed by atoms with Gasteiger partial charge in [0, 0.05) is 43.0 Å². The number of benzene rings is 1. The van der Waals surface area contributed by atoms with Crippen molar-refractivity contribution in [3.05, 3.63) is 60.2 Å². The second-order valence-electron chi connectivity index (χ2n) is 6.89. The second kappa shape index (κ2) is 8.12. The zero-order valence-electron chi connectivity index (χ0n) is 15.3. The van der Waals surface area contributed by atoms with Crippen molar-refractivity contribution >= 4 is 11.6 Å². The molecule has 0 saturated heterocycles. The minimum Gasteiger partial charge on any atom is -0.326 e. The van der Waals surface area contributed by atoms with Gasteiger partial charge in [-0.2, -0.15) is 0 Å². The lowest BCUT2D eigenvalue weighted by molar-refractivity contribution is -0.116. The van der Waals surface area contributed by atoms with Gasteiger partial charge >= 0.3 is 0 Å². The van der Waals surface area contributed by atoms with Gasteiger partial charge in [-0.05, 0) is 43.0 Å². The summed E-state index contributed by atoms with van der Waals surface area (Å²) in [6.07, 6.45) is 9.18. The molecule has 0 aliphatic carbocycles. The van der Waals surface area contributed by atoms with E-state index in [9.17, 15) is 4.79 Å². The molecule has 1 aliphatic heterocycles. The molecule has 0 spiro atoms. The lowest BCUT2D eigenvalue weighted by Crippen LogP contribution is -2.12.